The molecule has 1 heterocycles. The summed E-state index contributed by atoms with van der Waals surface area (Å²) >= 11 is 6.35. The van der Waals surface area contributed by atoms with Crippen molar-refractivity contribution in [1.29, 1.82) is 0 Å². The van der Waals surface area contributed by atoms with E-state index in [1.807, 2.05) is 36.4 Å². The largest absolute Gasteiger partial charge is 0.356 e. The number of hydrogen-bond acceptors (Lipinski definition) is 5. The number of hydrogen-bond donors (Lipinski definition) is 1. The molecule has 1 aromatic heterocycles. The second-order valence-electron chi connectivity index (χ2n) is 10.6. The Balaban J connectivity index is 1.22. The number of nitrogens with zero attached hydrogens (tertiary/aromatic N) is 1. The third kappa shape index (κ3) is 5.15. The Hall–Kier alpha value is -3.63. The highest BCUT2D eigenvalue weighted by atomic mass is 35.5. The van der Waals surface area contributed by atoms with Gasteiger partial charge >= 0.3 is 0 Å². The predicted octanol–water partition coefficient (Wildman–Crippen LogP) is 7.41. The molecule has 6 nitrogen and oxygen atoms in total. The van der Waals surface area contributed by atoms with Gasteiger partial charge in [-0.3, -0.25) is 4.79 Å². The average molecular weight is 601 g/mol. The Morgan fingerprint density at radius 2 is 1.59 bits per heavy atom. The van der Waals surface area contributed by atoms with Gasteiger partial charge in [-0.25, -0.2) is 21.6 Å². The van der Waals surface area contributed by atoms with Gasteiger partial charge in [-0.1, -0.05) is 47.1 Å². The van der Waals surface area contributed by atoms with Crippen LogP contribution in [0.2, 0.25) is 5.02 Å². The van der Waals surface area contributed by atoms with Gasteiger partial charge in [0.25, 0.3) is 5.91 Å². The Morgan fingerprint density at radius 3 is 2.24 bits per heavy atom. The molecule has 1 N–H and O–H groups in total. The molecular weight excluding hydrogens is 577 g/mol. The van der Waals surface area contributed by atoms with Crippen LogP contribution in [0.3, 0.4) is 0 Å². The summed E-state index contributed by atoms with van der Waals surface area (Å²) in [5.41, 5.74) is 1.33. The highest BCUT2D eigenvalue weighted by Gasteiger charge is 2.50. The van der Waals surface area contributed by atoms with E-state index in [9.17, 15) is 26.4 Å². The number of benzene rings is 3. The normalized spacial score (nSPS) is 22.0. The first-order valence-electron chi connectivity index (χ1n) is 13.1. The van der Waals surface area contributed by atoms with E-state index in [1.54, 1.807) is 0 Å². The molecule has 212 valence electrons. The number of rotatable bonds is 6. The molecule has 11 heteroatoms. The maximum absolute atomic E-state index is 14.0. The van der Waals surface area contributed by atoms with Gasteiger partial charge in [-0.2, -0.15) is 0 Å². The molecule has 4 aromatic rings. The van der Waals surface area contributed by atoms with Crippen molar-refractivity contribution in [2.75, 3.05) is 5.32 Å². The minimum absolute atomic E-state index is 0.0223. The van der Waals surface area contributed by atoms with E-state index in [2.05, 4.69) is 10.5 Å². The number of fused-ring (bicyclic) bond motifs is 2. The number of carbonyl (C=O) groups is 1. The molecule has 0 spiro atoms. The molecule has 0 saturated heterocycles. The molecule has 0 radical (unpaired) electrons. The summed E-state index contributed by atoms with van der Waals surface area (Å²) in [5.74, 6) is -4.94. The van der Waals surface area contributed by atoms with Crippen LogP contribution in [0.4, 0.5) is 18.9 Å². The highest BCUT2D eigenvalue weighted by Crippen LogP contribution is 2.52. The lowest BCUT2D eigenvalue weighted by molar-refractivity contribution is 0.102. The smallest absolute Gasteiger partial charge is 0.255 e. The zero-order valence-electron chi connectivity index (χ0n) is 21.5. The molecule has 3 unspecified atom stereocenters. The molecule has 2 saturated carbocycles. The van der Waals surface area contributed by atoms with Crippen LogP contribution in [0.15, 0.2) is 76.1 Å². The number of amides is 1. The van der Waals surface area contributed by atoms with Crippen LogP contribution in [-0.2, 0) is 9.84 Å². The molecule has 41 heavy (non-hydrogen) atoms. The summed E-state index contributed by atoms with van der Waals surface area (Å²) in [4.78, 5) is 12.7. The number of aromatic nitrogens is 1. The third-order valence-corrected chi connectivity index (χ3v) is 11.0. The molecule has 2 aliphatic carbocycles. The van der Waals surface area contributed by atoms with Crippen LogP contribution < -0.4 is 5.32 Å². The van der Waals surface area contributed by atoms with Gasteiger partial charge in [0.15, 0.2) is 33.0 Å². The summed E-state index contributed by atoms with van der Waals surface area (Å²) in [6.45, 7) is 0. The second kappa shape index (κ2) is 10.6. The minimum Gasteiger partial charge on any atom is -0.356 e. The quantitative estimate of drug-likeness (QED) is 0.233. The van der Waals surface area contributed by atoms with E-state index in [0.29, 0.717) is 30.7 Å². The van der Waals surface area contributed by atoms with Gasteiger partial charge in [0, 0.05) is 40.9 Å². The van der Waals surface area contributed by atoms with Crippen LogP contribution in [0.1, 0.15) is 47.7 Å². The van der Waals surface area contributed by atoms with Gasteiger partial charge in [0.2, 0.25) is 0 Å². The van der Waals surface area contributed by atoms with Crippen molar-refractivity contribution in [3.05, 3.63) is 100 Å². The number of nitrogens with one attached hydrogen (secondary N) is 1. The van der Waals surface area contributed by atoms with Gasteiger partial charge in [-0.05, 0) is 55.7 Å². The van der Waals surface area contributed by atoms with Gasteiger partial charge in [-0.15, -0.1) is 0 Å². The lowest BCUT2D eigenvalue weighted by Crippen LogP contribution is -2.37. The third-order valence-electron chi connectivity index (χ3n) is 8.12. The molecule has 6 rings (SSSR count). The number of carbonyl (C=O) groups excluding carboxylic acids is 1. The summed E-state index contributed by atoms with van der Waals surface area (Å²) in [7, 11) is -3.95. The Morgan fingerprint density at radius 1 is 0.927 bits per heavy atom. The van der Waals surface area contributed by atoms with Crippen LogP contribution >= 0.6 is 11.6 Å². The summed E-state index contributed by atoms with van der Waals surface area (Å²) < 4.78 is 74.0. The van der Waals surface area contributed by atoms with E-state index < -0.39 is 38.4 Å². The maximum Gasteiger partial charge on any atom is 0.255 e. The predicted molar refractivity (Wildman–Crippen MR) is 147 cm³/mol. The van der Waals surface area contributed by atoms with E-state index in [-0.39, 0.29) is 38.9 Å². The maximum atomic E-state index is 14.0. The molecule has 2 aliphatic rings. The Bertz CT molecular complexity index is 1710. The second-order valence-corrected chi connectivity index (χ2v) is 13.1. The van der Waals surface area contributed by atoms with Gasteiger partial charge < -0.3 is 9.84 Å². The molecule has 3 aromatic carbocycles. The van der Waals surface area contributed by atoms with Crippen molar-refractivity contribution in [2.45, 2.75) is 41.7 Å². The molecule has 4 atom stereocenters. The monoisotopic (exact) mass is 600 g/mol. The van der Waals surface area contributed by atoms with Gasteiger partial charge in [0.1, 0.15) is 0 Å². The molecule has 2 fully saturated rings. The number of sulfone groups is 1. The fourth-order valence-corrected chi connectivity index (χ4v) is 9.15. The van der Waals surface area contributed by atoms with Crippen LogP contribution in [0.5, 0.6) is 0 Å². The average Bonchev–Trinajstić information content (AvgIpc) is 3.55. The molecule has 2 bridgehead atoms. The number of halogens is 4. The summed E-state index contributed by atoms with van der Waals surface area (Å²) in [5, 5.41) is 5.88. The lowest BCUT2D eigenvalue weighted by atomic mass is 9.79. The molecule has 0 aliphatic heterocycles. The summed E-state index contributed by atoms with van der Waals surface area (Å²) in [6.07, 6.45) is 2.74. The van der Waals surface area contributed by atoms with Crippen molar-refractivity contribution in [2.24, 2.45) is 11.8 Å². The van der Waals surface area contributed by atoms with Crippen molar-refractivity contribution in [3.63, 3.8) is 0 Å². The van der Waals surface area contributed by atoms with Gasteiger partial charge in [0.05, 0.1) is 20.9 Å². The van der Waals surface area contributed by atoms with E-state index in [4.69, 9.17) is 16.1 Å². The van der Waals surface area contributed by atoms with Crippen molar-refractivity contribution in [1.82, 2.24) is 5.16 Å². The first kappa shape index (κ1) is 27.5. The fourth-order valence-electron chi connectivity index (χ4n) is 6.28. The molecular formula is C30H24ClF3N2O4S. The fraction of sp³-hybridized carbons (Fsp3) is 0.267. The van der Waals surface area contributed by atoms with Crippen LogP contribution in [-0.4, -0.2) is 24.7 Å². The minimum atomic E-state index is -3.95. The van der Waals surface area contributed by atoms with E-state index >= 15 is 0 Å². The van der Waals surface area contributed by atoms with Crippen LogP contribution in [0.25, 0.3) is 11.3 Å². The van der Waals surface area contributed by atoms with E-state index in [0.717, 1.165) is 24.1 Å². The molecule has 1 amide bonds. The standard InChI is InChI=1S/C30H24ClF3N2O4S/c31-22-9-8-19(30(37)35-21-13-23(32)28(34)24(33)14-21)12-27(22)41(38,39)29-17-6-7-18(29)11-20(10-17)25-15-26(40-36-25)16-4-2-1-3-5-16/h1-5,8-9,12-15,17-18,20,29H,6-7,10-11H2,(H,35,37)/t17-,18?,20?,29?/m1/s1. The number of anilines is 1. The first-order chi connectivity index (χ1) is 19.6. The Kier molecular flexibility index (Phi) is 7.15. The zero-order valence-corrected chi connectivity index (χ0v) is 23.1. The van der Waals surface area contributed by atoms with Crippen LogP contribution in [0, 0.1) is 29.3 Å². The van der Waals surface area contributed by atoms with Crippen molar-refractivity contribution < 1.29 is 30.9 Å². The topological polar surface area (TPSA) is 89.3 Å². The SMILES string of the molecule is O=C(Nc1cc(F)c(F)c(F)c1)c1ccc(Cl)c(S(=O)(=O)C2C3CC[C@@H]2CC(c2cc(-c4ccccc4)on2)C3)c1. The van der Waals surface area contributed by atoms with Crippen molar-refractivity contribution in [3.8, 4) is 11.3 Å². The highest BCUT2D eigenvalue weighted by molar-refractivity contribution is 7.92. The van der Waals surface area contributed by atoms with E-state index in [1.165, 1.54) is 18.2 Å². The Labute approximate surface area is 239 Å². The summed E-state index contributed by atoms with van der Waals surface area (Å²) in [6, 6.07) is 16.6. The zero-order chi connectivity index (χ0) is 28.9. The van der Waals surface area contributed by atoms with Crippen molar-refractivity contribution >= 4 is 33.0 Å². The first-order valence-corrected chi connectivity index (χ1v) is 15.1. The lowest BCUT2D eigenvalue weighted by Gasteiger charge is -2.34.